The largest absolute Gasteiger partial charge is 0.476 e. The molecule has 0 saturated heterocycles. The monoisotopic (exact) mass is 552 g/mol. The minimum Gasteiger partial charge on any atom is -0.476 e. The Labute approximate surface area is 223 Å². The molecule has 1 amide bonds. The number of nitrogens with zero attached hydrogens (tertiary/aromatic N) is 3. The van der Waals surface area contributed by atoms with Gasteiger partial charge in [0.25, 0.3) is 15.9 Å². The van der Waals surface area contributed by atoms with Crippen molar-refractivity contribution in [2.24, 2.45) is 0 Å². The quantitative estimate of drug-likeness (QED) is 0.253. The maximum absolute atomic E-state index is 13.6. The summed E-state index contributed by atoms with van der Waals surface area (Å²) in [5.41, 5.74) is 3.39. The third-order valence-corrected chi connectivity index (χ3v) is 9.57. The van der Waals surface area contributed by atoms with Crippen LogP contribution in [0.25, 0.3) is 0 Å². The van der Waals surface area contributed by atoms with Crippen LogP contribution in [0.3, 0.4) is 0 Å². The van der Waals surface area contributed by atoms with Crippen LogP contribution in [0, 0.1) is 13.8 Å². The highest BCUT2D eigenvalue weighted by Crippen LogP contribution is 2.38. The topological polar surface area (TPSA) is 101 Å². The predicted octanol–water partition coefficient (Wildman–Crippen LogP) is 5.04. The molecule has 0 saturated carbocycles. The smallest absolute Gasteiger partial charge is 0.269 e. The molecular weight excluding hydrogens is 529 g/mol. The van der Waals surface area contributed by atoms with Crippen LogP contribution in [0.2, 0.25) is 0 Å². The first-order chi connectivity index (χ1) is 17.8. The van der Waals surface area contributed by atoms with Crippen molar-refractivity contribution in [1.29, 1.82) is 0 Å². The lowest BCUT2D eigenvalue weighted by atomic mass is 10.1. The van der Waals surface area contributed by atoms with Gasteiger partial charge in [-0.15, -0.1) is 10.2 Å². The van der Waals surface area contributed by atoms with Crippen molar-refractivity contribution < 1.29 is 17.9 Å². The molecule has 0 radical (unpaired) electrons. The molecule has 37 heavy (non-hydrogen) atoms. The van der Waals surface area contributed by atoms with Crippen LogP contribution in [-0.2, 0) is 20.6 Å². The Kier molecular flexibility index (Phi) is 7.18. The van der Waals surface area contributed by atoms with Gasteiger partial charge in [0.15, 0.2) is 10.4 Å². The highest BCUT2D eigenvalue weighted by atomic mass is 32.2. The standard InChI is InChI=1S/C26H24N4O4S3/c1-17-8-11-20(12-9-17)37(32,33)30-15-23(34-22-14-18(2)10-13-21(22)30)24(31)27-25-28-29-26(36-25)35-16-19-6-4-3-5-7-19/h3-14,23H,15-16H2,1-2H3,(H,27,28,31)/t23-/m0/s1. The number of aromatic nitrogens is 2. The van der Waals surface area contributed by atoms with Crippen molar-refractivity contribution in [2.45, 2.75) is 34.9 Å². The molecule has 5 rings (SSSR count). The van der Waals surface area contributed by atoms with Crippen molar-refractivity contribution in [3.63, 3.8) is 0 Å². The average Bonchev–Trinajstić information content (AvgIpc) is 3.34. The molecule has 190 valence electrons. The molecule has 1 aliphatic rings. The van der Waals surface area contributed by atoms with E-state index in [9.17, 15) is 13.2 Å². The molecule has 4 aromatic rings. The minimum atomic E-state index is -3.93. The van der Waals surface area contributed by atoms with E-state index in [-0.39, 0.29) is 11.4 Å². The van der Waals surface area contributed by atoms with Gasteiger partial charge >= 0.3 is 0 Å². The lowest BCUT2D eigenvalue weighted by Crippen LogP contribution is -2.48. The minimum absolute atomic E-state index is 0.148. The Hall–Kier alpha value is -3.41. The van der Waals surface area contributed by atoms with E-state index in [1.165, 1.54) is 27.4 Å². The lowest BCUT2D eigenvalue weighted by molar-refractivity contribution is -0.122. The van der Waals surface area contributed by atoms with Crippen molar-refractivity contribution in [2.75, 3.05) is 16.2 Å². The highest BCUT2D eigenvalue weighted by Gasteiger charge is 2.38. The van der Waals surface area contributed by atoms with E-state index >= 15 is 0 Å². The molecule has 0 aliphatic carbocycles. The lowest BCUT2D eigenvalue weighted by Gasteiger charge is -2.34. The van der Waals surface area contributed by atoms with Gasteiger partial charge in [-0.25, -0.2) is 8.42 Å². The maximum Gasteiger partial charge on any atom is 0.269 e. The molecule has 1 aromatic heterocycles. The van der Waals surface area contributed by atoms with Gasteiger partial charge in [0.1, 0.15) is 5.75 Å². The van der Waals surface area contributed by atoms with Gasteiger partial charge in [-0.05, 0) is 49.2 Å². The first-order valence-corrected chi connectivity index (χ1v) is 14.7. The fraction of sp³-hybridized carbons (Fsp3) is 0.192. The zero-order valence-electron chi connectivity index (χ0n) is 20.1. The number of aryl methyl sites for hydroxylation is 2. The van der Waals surface area contributed by atoms with Gasteiger partial charge in [0, 0.05) is 5.75 Å². The number of anilines is 2. The molecule has 0 unspecified atom stereocenters. The summed E-state index contributed by atoms with van der Waals surface area (Å²) in [6, 6.07) is 21.9. The first-order valence-electron chi connectivity index (χ1n) is 11.5. The first kappa shape index (κ1) is 25.2. The van der Waals surface area contributed by atoms with Crippen LogP contribution in [0.4, 0.5) is 10.8 Å². The summed E-state index contributed by atoms with van der Waals surface area (Å²) >= 11 is 2.78. The number of nitrogens with one attached hydrogen (secondary N) is 1. The van der Waals surface area contributed by atoms with Crippen LogP contribution >= 0.6 is 23.1 Å². The molecular formula is C26H24N4O4S3. The molecule has 1 N–H and O–H groups in total. The second-order valence-corrected chi connectivity index (χ2v) is 12.6. The van der Waals surface area contributed by atoms with E-state index in [4.69, 9.17) is 4.74 Å². The van der Waals surface area contributed by atoms with E-state index in [0.29, 0.717) is 20.9 Å². The summed E-state index contributed by atoms with van der Waals surface area (Å²) in [5.74, 6) is 0.572. The number of amides is 1. The van der Waals surface area contributed by atoms with Crippen LogP contribution in [0.15, 0.2) is 82.0 Å². The van der Waals surface area contributed by atoms with Crippen LogP contribution in [0.5, 0.6) is 5.75 Å². The molecule has 8 nitrogen and oxygen atoms in total. The number of hydrogen-bond acceptors (Lipinski definition) is 8. The third kappa shape index (κ3) is 5.63. The normalized spacial score (nSPS) is 15.1. The maximum atomic E-state index is 13.6. The number of carbonyl (C=O) groups excluding carboxylic acids is 1. The zero-order chi connectivity index (χ0) is 26.0. The summed E-state index contributed by atoms with van der Waals surface area (Å²) in [5, 5.41) is 11.3. The average molecular weight is 553 g/mol. The molecule has 11 heteroatoms. The van der Waals surface area contributed by atoms with Crippen LogP contribution < -0.4 is 14.4 Å². The van der Waals surface area contributed by atoms with E-state index in [0.717, 1.165) is 22.4 Å². The highest BCUT2D eigenvalue weighted by molar-refractivity contribution is 8.00. The van der Waals surface area contributed by atoms with Crippen molar-refractivity contribution in [3.05, 3.63) is 89.5 Å². The van der Waals surface area contributed by atoms with Crippen LogP contribution in [0.1, 0.15) is 16.7 Å². The van der Waals surface area contributed by atoms with Crippen LogP contribution in [-0.4, -0.2) is 37.2 Å². The Balaban J connectivity index is 1.34. The van der Waals surface area contributed by atoms with Crippen molar-refractivity contribution in [3.8, 4) is 5.75 Å². The van der Waals surface area contributed by atoms with Gasteiger partial charge in [0.05, 0.1) is 17.1 Å². The van der Waals surface area contributed by atoms with E-state index in [2.05, 4.69) is 15.5 Å². The Bertz CT molecular complexity index is 1520. The summed E-state index contributed by atoms with van der Waals surface area (Å²) in [7, 11) is -3.93. The van der Waals surface area contributed by atoms with Gasteiger partial charge in [-0.1, -0.05) is 77.2 Å². The Morgan fingerprint density at radius 3 is 2.54 bits per heavy atom. The fourth-order valence-corrected chi connectivity index (χ4v) is 6.97. The third-order valence-electron chi connectivity index (χ3n) is 5.73. The molecule has 0 fully saturated rings. The number of thioether (sulfide) groups is 1. The molecule has 0 bridgehead atoms. The number of fused-ring (bicyclic) bond motifs is 1. The second-order valence-electron chi connectivity index (χ2n) is 8.56. The summed E-state index contributed by atoms with van der Waals surface area (Å²) < 4.78 is 35.1. The summed E-state index contributed by atoms with van der Waals surface area (Å²) in [4.78, 5) is 13.3. The summed E-state index contributed by atoms with van der Waals surface area (Å²) in [6.07, 6.45) is -1.07. The molecule has 2 heterocycles. The number of benzene rings is 3. The summed E-state index contributed by atoms with van der Waals surface area (Å²) in [6.45, 7) is 3.59. The number of sulfonamides is 1. The Morgan fingerprint density at radius 1 is 1.05 bits per heavy atom. The van der Waals surface area contributed by atoms with Crippen molar-refractivity contribution >= 4 is 49.8 Å². The second kappa shape index (κ2) is 10.5. The fourth-order valence-electron chi connectivity index (χ4n) is 3.79. The Morgan fingerprint density at radius 2 is 1.78 bits per heavy atom. The number of rotatable bonds is 7. The number of hydrogen-bond donors (Lipinski definition) is 1. The number of ether oxygens (including phenoxy) is 1. The SMILES string of the molecule is Cc1ccc(S(=O)(=O)N2C[C@@H](C(=O)Nc3nnc(SCc4ccccc4)s3)Oc3cc(C)ccc32)cc1. The van der Waals surface area contributed by atoms with E-state index in [1.54, 1.807) is 36.4 Å². The number of carbonyl (C=O) groups is 1. The van der Waals surface area contributed by atoms with E-state index < -0.39 is 22.0 Å². The predicted molar refractivity (Wildman–Crippen MR) is 146 cm³/mol. The van der Waals surface area contributed by atoms with E-state index in [1.807, 2.05) is 50.2 Å². The molecule has 1 aliphatic heterocycles. The van der Waals surface area contributed by atoms with Crippen molar-refractivity contribution in [1.82, 2.24) is 10.2 Å². The molecule has 1 atom stereocenters. The van der Waals surface area contributed by atoms with Gasteiger partial charge < -0.3 is 4.74 Å². The van der Waals surface area contributed by atoms with Gasteiger partial charge in [-0.3, -0.25) is 14.4 Å². The molecule has 3 aromatic carbocycles. The van der Waals surface area contributed by atoms with Gasteiger partial charge in [0.2, 0.25) is 5.13 Å². The van der Waals surface area contributed by atoms with Gasteiger partial charge in [-0.2, -0.15) is 0 Å². The zero-order valence-corrected chi connectivity index (χ0v) is 22.6. The molecule has 0 spiro atoms.